The van der Waals surface area contributed by atoms with Gasteiger partial charge in [-0.15, -0.1) is 0 Å². The van der Waals surface area contributed by atoms with Crippen LogP contribution in [0.2, 0.25) is 5.15 Å². The molecule has 0 atom stereocenters. The van der Waals surface area contributed by atoms with Crippen molar-refractivity contribution in [3.63, 3.8) is 0 Å². The van der Waals surface area contributed by atoms with Crippen molar-refractivity contribution >= 4 is 39.1 Å². The van der Waals surface area contributed by atoms with Crippen molar-refractivity contribution < 1.29 is 9.18 Å². The summed E-state index contributed by atoms with van der Waals surface area (Å²) in [7, 11) is 0. The van der Waals surface area contributed by atoms with E-state index in [1.54, 1.807) is 11.6 Å². The molecule has 1 N–H and O–H groups in total. The molecule has 4 nitrogen and oxygen atoms in total. The highest BCUT2D eigenvalue weighted by Crippen LogP contribution is 2.26. The summed E-state index contributed by atoms with van der Waals surface area (Å²) in [5, 5.41) is 7.37. The van der Waals surface area contributed by atoms with Gasteiger partial charge < -0.3 is 5.32 Å². The smallest absolute Gasteiger partial charge is 0.260 e. The van der Waals surface area contributed by atoms with E-state index in [1.165, 1.54) is 23.8 Å². The molecule has 3 aromatic rings. The van der Waals surface area contributed by atoms with Gasteiger partial charge in [-0.05, 0) is 53.5 Å². The number of aromatic nitrogens is 2. The fraction of sp³-hybridized carbons (Fsp3) is 0.158. The third-order valence-corrected chi connectivity index (χ3v) is 4.96. The van der Waals surface area contributed by atoms with E-state index in [9.17, 15) is 9.18 Å². The summed E-state index contributed by atoms with van der Waals surface area (Å²) < 4.78 is 15.2. The average molecular weight is 437 g/mol. The summed E-state index contributed by atoms with van der Waals surface area (Å²) in [5.41, 5.74) is 3.49. The third-order valence-electron chi connectivity index (χ3n) is 3.92. The van der Waals surface area contributed by atoms with Gasteiger partial charge in [0.25, 0.3) is 5.91 Å². The van der Waals surface area contributed by atoms with Crippen LogP contribution in [-0.2, 0) is 6.54 Å². The van der Waals surface area contributed by atoms with E-state index in [2.05, 4.69) is 26.3 Å². The molecule has 134 valence electrons. The van der Waals surface area contributed by atoms with Crippen molar-refractivity contribution in [3.8, 4) is 0 Å². The number of nitrogens with zero attached hydrogens (tertiary/aromatic N) is 2. The first-order valence-electron chi connectivity index (χ1n) is 7.90. The van der Waals surface area contributed by atoms with E-state index in [0.29, 0.717) is 28.0 Å². The molecular weight excluding hydrogens is 421 g/mol. The Morgan fingerprint density at radius 2 is 1.92 bits per heavy atom. The molecule has 2 aromatic carbocycles. The number of aryl methyl sites for hydroxylation is 2. The van der Waals surface area contributed by atoms with Gasteiger partial charge in [0, 0.05) is 4.47 Å². The van der Waals surface area contributed by atoms with Crippen LogP contribution in [0.15, 0.2) is 46.9 Å². The zero-order valence-corrected chi connectivity index (χ0v) is 16.5. The molecule has 0 saturated carbocycles. The van der Waals surface area contributed by atoms with E-state index in [4.69, 9.17) is 11.6 Å². The zero-order chi connectivity index (χ0) is 18.8. The first-order chi connectivity index (χ1) is 12.3. The second-order valence-corrected chi connectivity index (χ2v) is 7.19. The lowest BCUT2D eigenvalue weighted by Crippen LogP contribution is -2.13. The molecule has 0 bridgehead atoms. The maximum atomic E-state index is 13.2. The molecule has 1 amide bonds. The Bertz CT molecular complexity index is 970. The summed E-state index contributed by atoms with van der Waals surface area (Å²) in [6.45, 7) is 4.21. The summed E-state index contributed by atoms with van der Waals surface area (Å²) in [5.74, 6) is -0.787. The van der Waals surface area contributed by atoms with Gasteiger partial charge in [0.05, 0.1) is 23.5 Å². The molecule has 0 saturated heterocycles. The summed E-state index contributed by atoms with van der Waals surface area (Å²) >= 11 is 9.64. The lowest BCUT2D eigenvalue weighted by Gasteiger charge is -2.08. The van der Waals surface area contributed by atoms with E-state index < -0.39 is 11.7 Å². The van der Waals surface area contributed by atoms with Crippen molar-refractivity contribution in [3.05, 3.63) is 80.3 Å². The van der Waals surface area contributed by atoms with Gasteiger partial charge >= 0.3 is 0 Å². The number of carbonyl (C=O) groups excluding carboxylic acids is 1. The van der Waals surface area contributed by atoms with E-state index in [1.807, 2.05) is 31.2 Å². The Kier molecular flexibility index (Phi) is 5.44. The molecular formula is C19H16BrClFN3O. The standard InChI is InChI=1S/C19H16BrClFN3O/c1-11-3-5-13(6-4-11)10-25-18(21)17(12(2)24-25)19(26)23-16-8-7-14(22)9-15(16)20/h3-9H,10H2,1-2H3,(H,23,26). The Hall–Kier alpha value is -2.18. The predicted molar refractivity (Wildman–Crippen MR) is 104 cm³/mol. The molecule has 3 rings (SSSR count). The highest BCUT2D eigenvalue weighted by atomic mass is 79.9. The maximum Gasteiger partial charge on any atom is 0.260 e. The van der Waals surface area contributed by atoms with Crippen molar-refractivity contribution in [2.45, 2.75) is 20.4 Å². The molecule has 26 heavy (non-hydrogen) atoms. The minimum atomic E-state index is -0.394. The first kappa shape index (κ1) is 18.6. The Balaban J connectivity index is 1.84. The highest BCUT2D eigenvalue weighted by molar-refractivity contribution is 9.10. The second kappa shape index (κ2) is 7.60. The van der Waals surface area contributed by atoms with Crippen LogP contribution in [0, 0.1) is 19.7 Å². The monoisotopic (exact) mass is 435 g/mol. The molecule has 0 unspecified atom stereocenters. The largest absolute Gasteiger partial charge is 0.321 e. The van der Waals surface area contributed by atoms with Crippen molar-refractivity contribution in [1.29, 1.82) is 0 Å². The molecule has 7 heteroatoms. The lowest BCUT2D eigenvalue weighted by atomic mass is 10.1. The van der Waals surface area contributed by atoms with E-state index >= 15 is 0 Å². The molecule has 0 aliphatic carbocycles. The zero-order valence-electron chi connectivity index (χ0n) is 14.2. The second-order valence-electron chi connectivity index (χ2n) is 5.97. The van der Waals surface area contributed by atoms with Crippen molar-refractivity contribution in [2.75, 3.05) is 5.32 Å². The number of hydrogen-bond acceptors (Lipinski definition) is 2. The SMILES string of the molecule is Cc1ccc(Cn2nc(C)c(C(=O)Nc3ccc(F)cc3Br)c2Cl)cc1. The quantitative estimate of drug-likeness (QED) is 0.599. The van der Waals surface area contributed by atoms with Gasteiger partial charge in [0.2, 0.25) is 0 Å². The Morgan fingerprint density at radius 1 is 1.23 bits per heavy atom. The molecule has 1 aromatic heterocycles. The molecule has 1 heterocycles. The fourth-order valence-electron chi connectivity index (χ4n) is 2.56. The number of hydrogen-bond donors (Lipinski definition) is 1. The predicted octanol–water partition coefficient (Wildman–Crippen LogP) is 5.36. The maximum absolute atomic E-state index is 13.2. The number of amides is 1. The van der Waals surface area contributed by atoms with Crippen LogP contribution >= 0.6 is 27.5 Å². The van der Waals surface area contributed by atoms with Crippen molar-refractivity contribution in [1.82, 2.24) is 9.78 Å². The van der Waals surface area contributed by atoms with Gasteiger partial charge in [-0.25, -0.2) is 9.07 Å². The Labute approximate surface area is 164 Å². The average Bonchev–Trinajstić information content (AvgIpc) is 2.86. The lowest BCUT2D eigenvalue weighted by molar-refractivity contribution is 0.102. The fourth-order valence-corrected chi connectivity index (χ4v) is 3.33. The number of nitrogens with one attached hydrogen (secondary N) is 1. The highest BCUT2D eigenvalue weighted by Gasteiger charge is 2.21. The molecule has 0 fully saturated rings. The molecule has 0 radical (unpaired) electrons. The summed E-state index contributed by atoms with van der Waals surface area (Å²) in [4.78, 5) is 12.6. The third kappa shape index (κ3) is 3.97. The van der Waals surface area contributed by atoms with Crippen LogP contribution < -0.4 is 5.32 Å². The normalized spacial score (nSPS) is 10.8. The van der Waals surface area contributed by atoms with Crippen LogP contribution in [-0.4, -0.2) is 15.7 Å². The number of halogens is 3. The summed E-state index contributed by atoms with van der Waals surface area (Å²) in [6, 6.07) is 12.1. The number of benzene rings is 2. The number of carbonyl (C=O) groups is 1. The summed E-state index contributed by atoms with van der Waals surface area (Å²) in [6.07, 6.45) is 0. The van der Waals surface area contributed by atoms with Gasteiger partial charge in [-0.1, -0.05) is 41.4 Å². The van der Waals surface area contributed by atoms with Crippen LogP contribution in [0.5, 0.6) is 0 Å². The first-order valence-corrected chi connectivity index (χ1v) is 9.07. The molecule has 0 aliphatic rings. The van der Waals surface area contributed by atoms with Crippen LogP contribution in [0.1, 0.15) is 27.2 Å². The molecule has 0 spiro atoms. The van der Waals surface area contributed by atoms with Crippen LogP contribution in [0.4, 0.5) is 10.1 Å². The number of anilines is 1. The van der Waals surface area contributed by atoms with Crippen molar-refractivity contribution in [2.24, 2.45) is 0 Å². The van der Waals surface area contributed by atoms with Gasteiger partial charge in [0.1, 0.15) is 11.0 Å². The number of rotatable bonds is 4. The topological polar surface area (TPSA) is 46.9 Å². The minimum absolute atomic E-state index is 0.263. The van der Waals surface area contributed by atoms with E-state index in [0.717, 1.165) is 5.56 Å². The molecule has 0 aliphatic heterocycles. The van der Waals surface area contributed by atoms with Gasteiger partial charge in [-0.3, -0.25) is 4.79 Å². The van der Waals surface area contributed by atoms with Crippen LogP contribution in [0.25, 0.3) is 0 Å². The minimum Gasteiger partial charge on any atom is -0.321 e. The van der Waals surface area contributed by atoms with Gasteiger partial charge in [0.15, 0.2) is 0 Å². The van der Waals surface area contributed by atoms with Gasteiger partial charge in [-0.2, -0.15) is 5.10 Å². The van der Waals surface area contributed by atoms with E-state index in [-0.39, 0.29) is 5.15 Å². The van der Waals surface area contributed by atoms with Crippen LogP contribution in [0.3, 0.4) is 0 Å². The Morgan fingerprint density at radius 3 is 2.58 bits per heavy atom.